The predicted molar refractivity (Wildman–Crippen MR) is 152 cm³/mol. The molecule has 10 heteroatoms. The summed E-state index contributed by atoms with van der Waals surface area (Å²) < 4.78 is 120. The van der Waals surface area contributed by atoms with Gasteiger partial charge in [-0.1, -0.05) is 13.0 Å². The molecule has 44 heavy (non-hydrogen) atoms. The van der Waals surface area contributed by atoms with Crippen molar-refractivity contribution in [2.45, 2.75) is 76.9 Å². The molecule has 2 aliphatic rings. The maximum Gasteiger partial charge on any atom is 0.400 e. The minimum atomic E-state index is -3.58. The second-order valence-corrected chi connectivity index (χ2v) is 12.2. The van der Waals surface area contributed by atoms with E-state index >= 15 is 8.78 Å². The lowest BCUT2D eigenvalue weighted by Crippen LogP contribution is -2.39. The fourth-order valence-corrected chi connectivity index (χ4v) is 7.04. The standard InChI is InChI=1S/C34H35F8NO/c1-2-31(43)20-5-3-18(4-6-20)19-7-9-23(10-8-19)34(41,42)44-24-11-12-25(21-13-27(35)32(39)28(36)14-21)26(17-24)22-15-29(37)33(40)30(38)16-22/h11-20,23,31H,2-10,43H2,1H3. The summed E-state index contributed by atoms with van der Waals surface area (Å²) in [7, 11) is 0. The van der Waals surface area contributed by atoms with Crippen LogP contribution in [0.5, 0.6) is 5.75 Å². The zero-order valence-corrected chi connectivity index (χ0v) is 24.3. The van der Waals surface area contributed by atoms with Crippen LogP contribution in [0.4, 0.5) is 35.1 Å². The molecule has 0 bridgehead atoms. The van der Waals surface area contributed by atoms with Gasteiger partial charge in [0.25, 0.3) is 0 Å². The maximum absolute atomic E-state index is 15.5. The molecule has 1 unspecified atom stereocenters. The highest BCUT2D eigenvalue weighted by atomic mass is 19.3. The summed E-state index contributed by atoms with van der Waals surface area (Å²) in [4.78, 5) is 0. The smallest absolute Gasteiger partial charge is 0.400 e. The third-order valence-corrected chi connectivity index (χ3v) is 9.64. The Kier molecular flexibility index (Phi) is 9.58. The van der Waals surface area contributed by atoms with E-state index in [0.29, 0.717) is 54.9 Å². The molecule has 2 N–H and O–H groups in total. The highest BCUT2D eigenvalue weighted by molar-refractivity contribution is 5.84. The molecule has 0 radical (unpaired) electrons. The molecule has 2 nitrogen and oxygen atoms in total. The minimum absolute atomic E-state index is 0.0704. The first kappa shape index (κ1) is 32.3. The van der Waals surface area contributed by atoms with Gasteiger partial charge in [-0.05, 0) is 134 Å². The van der Waals surface area contributed by atoms with Crippen molar-refractivity contribution in [3.8, 4) is 28.0 Å². The normalized spacial score (nSPS) is 23.4. The predicted octanol–water partition coefficient (Wildman–Crippen LogP) is 10.2. The Labute approximate surface area is 251 Å². The largest absolute Gasteiger partial charge is 0.432 e. The van der Waals surface area contributed by atoms with E-state index in [9.17, 15) is 26.3 Å². The zero-order chi connectivity index (χ0) is 31.8. The van der Waals surface area contributed by atoms with Crippen molar-refractivity contribution >= 4 is 0 Å². The molecule has 0 saturated heterocycles. The van der Waals surface area contributed by atoms with E-state index in [0.717, 1.165) is 44.2 Å². The van der Waals surface area contributed by atoms with Crippen molar-refractivity contribution < 1.29 is 39.9 Å². The van der Waals surface area contributed by atoms with Crippen LogP contribution in [0.3, 0.4) is 0 Å². The van der Waals surface area contributed by atoms with Crippen LogP contribution in [0.1, 0.15) is 64.7 Å². The Morgan fingerprint density at radius 3 is 1.61 bits per heavy atom. The number of hydrogen-bond donors (Lipinski definition) is 1. The number of rotatable bonds is 8. The molecule has 2 aliphatic carbocycles. The van der Waals surface area contributed by atoms with Gasteiger partial charge in [0.05, 0.1) is 5.92 Å². The van der Waals surface area contributed by atoms with Crippen LogP contribution in [0.15, 0.2) is 42.5 Å². The van der Waals surface area contributed by atoms with Gasteiger partial charge in [-0.25, -0.2) is 26.3 Å². The first-order chi connectivity index (χ1) is 20.9. The Hall–Kier alpha value is -3.14. The number of ether oxygens (including phenoxy) is 1. The van der Waals surface area contributed by atoms with E-state index in [1.807, 2.05) is 0 Å². The van der Waals surface area contributed by atoms with Crippen molar-refractivity contribution in [3.05, 3.63) is 77.4 Å². The van der Waals surface area contributed by atoms with Crippen molar-refractivity contribution in [2.75, 3.05) is 0 Å². The zero-order valence-electron chi connectivity index (χ0n) is 24.3. The van der Waals surface area contributed by atoms with Gasteiger partial charge in [-0.15, -0.1) is 0 Å². The molecule has 0 aromatic heterocycles. The fourth-order valence-electron chi connectivity index (χ4n) is 7.04. The van der Waals surface area contributed by atoms with Gasteiger partial charge in [-0.2, -0.15) is 8.78 Å². The van der Waals surface area contributed by atoms with Crippen molar-refractivity contribution in [1.29, 1.82) is 0 Å². The quantitative estimate of drug-likeness (QED) is 0.200. The summed E-state index contributed by atoms with van der Waals surface area (Å²) in [6, 6.07) is 6.12. The Balaban J connectivity index is 1.35. The van der Waals surface area contributed by atoms with E-state index < -0.39 is 46.9 Å². The molecule has 1 atom stereocenters. The van der Waals surface area contributed by atoms with Crippen LogP contribution in [0.25, 0.3) is 22.3 Å². The van der Waals surface area contributed by atoms with E-state index in [-0.39, 0.29) is 46.9 Å². The summed E-state index contributed by atoms with van der Waals surface area (Å²) in [5.41, 5.74) is 5.45. The SMILES string of the molecule is CCC(N)C1CCC(C2CCC(C(F)(F)Oc3ccc(-c4cc(F)c(F)c(F)c4)c(-c4cc(F)c(F)c(F)c4)c3)CC2)CC1. The first-order valence-corrected chi connectivity index (χ1v) is 15.1. The lowest BCUT2D eigenvalue weighted by molar-refractivity contribution is -0.224. The summed E-state index contributed by atoms with van der Waals surface area (Å²) in [6.45, 7) is 2.09. The van der Waals surface area contributed by atoms with Gasteiger partial charge in [0.2, 0.25) is 0 Å². The third kappa shape index (κ3) is 6.75. The van der Waals surface area contributed by atoms with E-state index in [4.69, 9.17) is 10.5 Å². The summed E-state index contributed by atoms with van der Waals surface area (Å²) in [5, 5.41) is 0. The van der Waals surface area contributed by atoms with Crippen LogP contribution in [-0.4, -0.2) is 12.2 Å². The van der Waals surface area contributed by atoms with E-state index in [1.54, 1.807) is 0 Å². The van der Waals surface area contributed by atoms with Crippen LogP contribution >= 0.6 is 0 Å². The molecule has 3 aromatic carbocycles. The summed E-state index contributed by atoms with van der Waals surface area (Å²) in [6.07, 6.45) is 3.44. The molecular formula is C34H35F8NO. The summed E-state index contributed by atoms with van der Waals surface area (Å²) >= 11 is 0. The minimum Gasteiger partial charge on any atom is -0.432 e. The number of halogens is 8. The fraction of sp³-hybridized carbons (Fsp3) is 0.471. The maximum atomic E-state index is 15.5. The van der Waals surface area contributed by atoms with Crippen molar-refractivity contribution in [2.24, 2.45) is 29.4 Å². The van der Waals surface area contributed by atoms with Gasteiger partial charge in [0, 0.05) is 6.04 Å². The van der Waals surface area contributed by atoms with E-state index in [2.05, 4.69) is 6.92 Å². The number of alkyl halides is 2. The molecular weight excluding hydrogens is 590 g/mol. The van der Waals surface area contributed by atoms with E-state index in [1.165, 1.54) is 6.07 Å². The highest BCUT2D eigenvalue weighted by Crippen LogP contribution is 2.46. The summed E-state index contributed by atoms with van der Waals surface area (Å²) in [5.74, 6) is -9.68. The number of benzene rings is 3. The molecule has 238 valence electrons. The van der Waals surface area contributed by atoms with Crippen LogP contribution in [0, 0.1) is 58.6 Å². The topological polar surface area (TPSA) is 35.2 Å². The van der Waals surface area contributed by atoms with Crippen molar-refractivity contribution in [3.63, 3.8) is 0 Å². The second kappa shape index (κ2) is 13.1. The Morgan fingerprint density at radius 2 is 1.14 bits per heavy atom. The molecule has 0 spiro atoms. The van der Waals surface area contributed by atoms with Crippen LogP contribution in [-0.2, 0) is 0 Å². The van der Waals surface area contributed by atoms with Gasteiger partial charge >= 0.3 is 6.11 Å². The molecule has 0 aliphatic heterocycles. The highest BCUT2D eigenvalue weighted by Gasteiger charge is 2.45. The van der Waals surface area contributed by atoms with Crippen molar-refractivity contribution in [1.82, 2.24) is 0 Å². The molecule has 0 heterocycles. The molecule has 0 amide bonds. The lowest BCUT2D eigenvalue weighted by atomic mass is 9.68. The van der Waals surface area contributed by atoms with Gasteiger partial charge < -0.3 is 10.5 Å². The first-order valence-electron chi connectivity index (χ1n) is 15.1. The lowest BCUT2D eigenvalue weighted by Gasteiger charge is -2.40. The third-order valence-electron chi connectivity index (χ3n) is 9.64. The van der Waals surface area contributed by atoms with Crippen LogP contribution in [0.2, 0.25) is 0 Å². The van der Waals surface area contributed by atoms with Gasteiger partial charge in [-0.3, -0.25) is 0 Å². The average Bonchev–Trinajstić information content (AvgIpc) is 3.01. The Bertz CT molecular complexity index is 1430. The molecule has 2 saturated carbocycles. The van der Waals surface area contributed by atoms with Gasteiger partial charge in [0.1, 0.15) is 5.75 Å². The van der Waals surface area contributed by atoms with Gasteiger partial charge in [0.15, 0.2) is 34.9 Å². The average molecular weight is 626 g/mol. The molecule has 2 fully saturated rings. The Morgan fingerprint density at radius 1 is 0.682 bits per heavy atom. The molecule has 3 aromatic rings. The monoisotopic (exact) mass is 625 g/mol. The molecule has 5 rings (SSSR count). The number of nitrogens with two attached hydrogens (primary N) is 1. The van der Waals surface area contributed by atoms with Crippen LogP contribution < -0.4 is 10.5 Å². The number of hydrogen-bond acceptors (Lipinski definition) is 2. The second-order valence-electron chi connectivity index (χ2n) is 12.2.